The molecule has 0 aliphatic carbocycles. The summed E-state index contributed by atoms with van der Waals surface area (Å²) >= 11 is 0. The van der Waals surface area contributed by atoms with Gasteiger partial charge >= 0.3 is 0 Å². The molecule has 7 N–H and O–H groups in total. The Bertz CT molecular complexity index is 1400. The summed E-state index contributed by atoms with van der Waals surface area (Å²) in [6, 6.07) is 16.8. The number of nitrogens with one attached hydrogen (secondary N) is 4. The van der Waals surface area contributed by atoms with Gasteiger partial charge in [-0.15, -0.1) is 0 Å². The lowest BCUT2D eigenvalue weighted by molar-refractivity contribution is -0.109. The number of halogens is 1. The molecule has 3 aromatic rings. The third kappa shape index (κ3) is 9.65. The molecule has 0 spiro atoms. The van der Waals surface area contributed by atoms with Gasteiger partial charge in [0.25, 0.3) is 0 Å². The van der Waals surface area contributed by atoms with E-state index in [-0.39, 0.29) is 18.0 Å². The number of rotatable bonds is 14. The predicted octanol–water partition coefficient (Wildman–Crippen LogP) is 3.35. The molecular formula is C34H45FN6O4. The van der Waals surface area contributed by atoms with Gasteiger partial charge in [0.2, 0.25) is 6.41 Å². The van der Waals surface area contributed by atoms with Crippen LogP contribution in [0.5, 0.6) is 11.5 Å². The number of carbonyl (C=O) groups excluding carboxylic acids is 1. The van der Waals surface area contributed by atoms with Crippen LogP contribution >= 0.6 is 0 Å². The number of nitrogens with two attached hydrogens (primary N) is 1. The third-order valence-electron chi connectivity index (χ3n) is 8.00. The summed E-state index contributed by atoms with van der Waals surface area (Å²) in [5, 5.41) is 24.0. The minimum atomic E-state index is -0.332. The summed E-state index contributed by atoms with van der Waals surface area (Å²) in [4.78, 5) is 13.1. The Hall–Kier alpha value is -4.19. The number of aliphatic hydroxyl groups is 1. The lowest BCUT2D eigenvalue weighted by atomic mass is 9.97. The van der Waals surface area contributed by atoms with Gasteiger partial charge in [-0.3, -0.25) is 4.79 Å². The van der Waals surface area contributed by atoms with E-state index < -0.39 is 0 Å². The van der Waals surface area contributed by atoms with Gasteiger partial charge in [-0.1, -0.05) is 18.2 Å². The van der Waals surface area contributed by atoms with Crippen molar-refractivity contribution in [1.29, 1.82) is 5.41 Å². The maximum absolute atomic E-state index is 14.6. The number of nitrogens with zero attached hydrogens (tertiary/aromatic N) is 1. The number of carbonyl (C=O) groups is 1. The molecule has 5 rings (SSSR count). The minimum absolute atomic E-state index is 0.100. The molecular weight excluding hydrogens is 575 g/mol. The highest BCUT2D eigenvalue weighted by Crippen LogP contribution is 2.35. The molecule has 3 aromatic carbocycles. The van der Waals surface area contributed by atoms with E-state index >= 15 is 0 Å². The molecule has 2 fully saturated rings. The van der Waals surface area contributed by atoms with Crippen LogP contribution in [0.4, 0.5) is 15.8 Å². The van der Waals surface area contributed by atoms with E-state index in [1.165, 1.54) is 12.3 Å². The molecule has 2 aliphatic heterocycles. The zero-order chi connectivity index (χ0) is 32.0. The molecule has 1 amide bonds. The van der Waals surface area contributed by atoms with Crippen molar-refractivity contribution < 1.29 is 23.8 Å². The standard InChI is InChI=1S/C33H41FN6O3.CH4O/c34-26-17-27(40-13-11-37-12-14-40)19-30(18-26)42-28(7-10-39-22-41)5-1-23-2-6-33(43-29-8-9-38-21-29)31(15-23)24-3-4-25(20-35)32(36)16-24;1-2/h2-4,6,15-20,22,28-29,35,37-38H,1,5,7-14,21,36H2,(H,39,41);2H,1H3/t28?,29-;/m0./s1. The number of piperazine rings is 1. The molecule has 0 saturated carbocycles. The molecule has 242 valence electrons. The van der Waals surface area contributed by atoms with Gasteiger partial charge in [-0.25, -0.2) is 4.39 Å². The van der Waals surface area contributed by atoms with Crippen LogP contribution in [0.15, 0.2) is 54.6 Å². The van der Waals surface area contributed by atoms with Gasteiger partial charge in [-0.05, 0) is 61.2 Å². The number of hydrogen-bond donors (Lipinski definition) is 6. The van der Waals surface area contributed by atoms with Crippen LogP contribution < -0.4 is 36.1 Å². The summed E-state index contributed by atoms with van der Waals surface area (Å²) < 4.78 is 27.4. The zero-order valence-corrected chi connectivity index (χ0v) is 25.9. The molecule has 0 bridgehead atoms. The second kappa shape index (κ2) is 17.3. The van der Waals surface area contributed by atoms with E-state index in [1.54, 1.807) is 6.07 Å². The second-order valence-corrected chi connectivity index (χ2v) is 11.1. The van der Waals surface area contributed by atoms with Crippen LogP contribution in [0.25, 0.3) is 11.1 Å². The highest BCUT2D eigenvalue weighted by atomic mass is 19.1. The quantitative estimate of drug-likeness (QED) is 0.0697. The van der Waals surface area contributed by atoms with Gasteiger partial charge in [0.1, 0.15) is 29.5 Å². The van der Waals surface area contributed by atoms with Crippen LogP contribution in [-0.4, -0.2) is 82.9 Å². The number of amides is 1. The molecule has 1 unspecified atom stereocenters. The van der Waals surface area contributed by atoms with Gasteiger partial charge in [0, 0.05) is 93.6 Å². The Morgan fingerprint density at radius 2 is 1.91 bits per heavy atom. The average Bonchev–Trinajstić information content (AvgIpc) is 3.58. The fourth-order valence-corrected chi connectivity index (χ4v) is 5.65. The van der Waals surface area contributed by atoms with Crippen LogP contribution in [0, 0.1) is 11.2 Å². The van der Waals surface area contributed by atoms with E-state index in [1.807, 2.05) is 30.3 Å². The van der Waals surface area contributed by atoms with Gasteiger partial charge in [0.15, 0.2) is 0 Å². The van der Waals surface area contributed by atoms with Crippen LogP contribution in [0.1, 0.15) is 30.4 Å². The lowest BCUT2D eigenvalue weighted by Gasteiger charge is -2.30. The summed E-state index contributed by atoms with van der Waals surface area (Å²) in [6.07, 6.45) is 4.70. The number of aryl methyl sites for hydroxylation is 1. The maximum atomic E-state index is 14.6. The Morgan fingerprint density at radius 1 is 1.09 bits per heavy atom. The number of hydrogen-bond acceptors (Lipinski definition) is 9. The van der Waals surface area contributed by atoms with Gasteiger partial charge in [-0.2, -0.15) is 0 Å². The topological polar surface area (TPSA) is 145 Å². The summed E-state index contributed by atoms with van der Waals surface area (Å²) in [5.74, 6) is 0.949. The Morgan fingerprint density at radius 3 is 2.62 bits per heavy atom. The molecule has 0 radical (unpaired) electrons. The highest BCUT2D eigenvalue weighted by molar-refractivity contribution is 5.87. The number of anilines is 2. The summed E-state index contributed by atoms with van der Waals surface area (Å²) in [7, 11) is 1.00. The van der Waals surface area contributed by atoms with Crippen molar-refractivity contribution in [2.45, 2.75) is 37.9 Å². The lowest BCUT2D eigenvalue weighted by Crippen LogP contribution is -2.43. The van der Waals surface area contributed by atoms with E-state index in [0.29, 0.717) is 49.2 Å². The number of aliphatic hydroxyl groups excluding tert-OH is 1. The van der Waals surface area contributed by atoms with Crippen molar-refractivity contribution in [2.24, 2.45) is 0 Å². The van der Waals surface area contributed by atoms with Crippen molar-refractivity contribution in [2.75, 3.05) is 63.6 Å². The average molecular weight is 621 g/mol. The summed E-state index contributed by atoms with van der Waals surface area (Å²) in [5.41, 5.74) is 11.2. The second-order valence-electron chi connectivity index (χ2n) is 11.1. The molecule has 45 heavy (non-hydrogen) atoms. The highest BCUT2D eigenvalue weighted by Gasteiger charge is 2.20. The van der Waals surface area contributed by atoms with E-state index in [9.17, 15) is 9.18 Å². The first-order valence-corrected chi connectivity index (χ1v) is 15.5. The first-order valence-electron chi connectivity index (χ1n) is 15.5. The minimum Gasteiger partial charge on any atom is -0.490 e. The summed E-state index contributed by atoms with van der Waals surface area (Å²) in [6.45, 7) is 5.53. The van der Waals surface area contributed by atoms with E-state index in [4.69, 9.17) is 25.7 Å². The largest absolute Gasteiger partial charge is 0.490 e. The van der Waals surface area contributed by atoms with Crippen LogP contribution in [-0.2, 0) is 11.2 Å². The maximum Gasteiger partial charge on any atom is 0.207 e. The molecule has 2 aliphatic rings. The Labute approximate surface area is 264 Å². The first-order chi connectivity index (χ1) is 22.0. The normalized spacial score (nSPS) is 16.7. The fraction of sp³-hybridized carbons (Fsp3) is 0.412. The number of ether oxygens (including phenoxy) is 2. The van der Waals surface area contributed by atoms with E-state index in [2.05, 4.69) is 33.0 Å². The van der Waals surface area contributed by atoms with Crippen molar-refractivity contribution in [3.63, 3.8) is 0 Å². The number of nitrogen functional groups attached to an aromatic ring is 1. The van der Waals surface area contributed by atoms with Crippen LogP contribution in [0.3, 0.4) is 0 Å². The van der Waals surface area contributed by atoms with E-state index in [0.717, 1.165) is 80.9 Å². The number of benzene rings is 3. The SMILES string of the molecule is CO.N=Cc1ccc(-c2cc(CCC(CCNC=O)Oc3cc(F)cc(N4CCNCC4)c3)ccc2O[C@H]2CCNC2)cc1N. The molecule has 2 atom stereocenters. The molecule has 0 aromatic heterocycles. The monoisotopic (exact) mass is 620 g/mol. The van der Waals surface area contributed by atoms with Gasteiger partial charge < -0.3 is 46.6 Å². The Balaban J connectivity index is 0.00000226. The first kappa shape index (κ1) is 33.7. The molecule has 2 heterocycles. The van der Waals surface area contributed by atoms with Crippen molar-refractivity contribution in [1.82, 2.24) is 16.0 Å². The molecule has 11 heteroatoms. The van der Waals surface area contributed by atoms with Gasteiger partial charge in [0.05, 0.1) is 0 Å². The Kier molecular flexibility index (Phi) is 13.0. The fourth-order valence-electron chi connectivity index (χ4n) is 5.65. The smallest absolute Gasteiger partial charge is 0.207 e. The van der Waals surface area contributed by atoms with Crippen molar-refractivity contribution in [3.8, 4) is 22.6 Å². The van der Waals surface area contributed by atoms with Crippen molar-refractivity contribution >= 4 is 24.0 Å². The van der Waals surface area contributed by atoms with Crippen LogP contribution in [0.2, 0.25) is 0 Å². The molecule has 2 saturated heterocycles. The third-order valence-corrected chi connectivity index (χ3v) is 8.00. The molecule has 10 nitrogen and oxygen atoms in total. The van der Waals surface area contributed by atoms with Crippen molar-refractivity contribution in [3.05, 3.63) is 71.5 Å². The zero-order valence-electron chi connectivity index (χ0n) is 25.9. The predicted molar refractivity (Wildman–Crippen MR) is 177 cm³/mol.